The van der Waals surface area contributed by atoms with Crippen molar-refractivity contribution in [2.45, 2.75) is 19.8 Å². The molecule has 0 saturated heterocycles. The second-order valence-corrected chi connectivity index (χ2v) is 7.30. The highest BCUT2D eigenvalue weighted by Gasteiger charge is 2.03. The molecule has 1 aromatic heterocycles. The average Bonchev–Trinajstić information content (AvgIpc) is 2.91. The van der Waals surface area contributed by atoms with Crippen LogP contribution in [0.2, 0.25) is 0 Å². The molecule has 9 heteroatoms. The summed E-state index contributed by atoms with van der Waals surface area (Å²) in [6.07, 6.45) is 1.55. The van der Waals surface area contributed by atoms with Crippen LogP contribution in [0.1, 0.15) is 18.2 Å². The number of hydrogen-bond donors (Lipinski definition) is 3. The quantitative estimate of drug-likeness (QED) is 0.230. The molecular weight excluding hydrogens is 423 g/mol. The maximum absolute atomic E-state index is 11.2. The van der Waals surface area contributed by atoms with E-state index in [1.807, 2.05) is 11.4 Å². The Balaban J connectivity index is 0.00000400. The first-order chi connectivity index (χ1) is 9.53. The van der Waals surface area contributed by atoms with Crippen LogP contribution in [0.3, 0.4) is 0 Å². The van der Waals surface area contributed by atoms with Gasteiger partial charge in [0.15, 0.2) is 5.96 Å². The van der Waals surface area contributed by atoms with Gasteiger partial charge in [0.25, 0.3) is 0 Å². The van der Waals surface area contributed by atoms with Crippen molar-refractivity contribution in [1.29, 1.82) is 0 Å². The molecule has 0 saturated carbocycles. The third-order valence-corrected chi connectivity index (χ3v) is 4.92. The molecule has 0 radical (unpaired) electrons. The minimum atomic E-state index is -3.10. The van der Waals surface area contributed by atoms with Crippen LogP contribution >= 0.6 is 35.3 Å². The van der Waals surface area contributed by atoms with Crippen LogP contribution in [0.25, 0.3) is 0 Å². The van der Waals surface area contributed by atoms with Gasteiger partial charge in [0.2, 0.25) is 10.0 Å². The fraction of sp³-hybridized carbons (Fsp3) is 0.583. The Morgan fingerprint density at radius 2 is 2.19 bits per heavy atom. The number of aliphatic imine (C=N–C) groups is 1. The Labute approximate surface area is 147 Å². The highest BCUT2D eigenvalue weighted by atomic mass is 127. The van der Waals surface area contributed by atoms with Gasteiger partial charge in [-0.05, 0) is 31.2 Å². The number of halogens is 1. The number of guanidine groups is 1. The van der Waals surface area contributed by atoms with E-state index >= 15 is 0 Å². The van der Waals surface area contributed by atoms with Crippen LogP contribution in [0, 0.1) is 0 Å². The summed E-state index contributed by atoms with van der Waals surface area (Å²) in [6, 6.07) is 4.11. The van der Waals surface area contributed by atoms with E-state index < -0.39 is 10.0 Å². The predicted molar refractivity (Wildman–Crippen MR) is 100 cm³/mol. The van der Waals surface area contributed by atoms with Gasteiger partial charge in [-0.2, -0.15) is 0 Å². The zero-order valence-corrected chi connectivity index (χ0v) is 16.0. The molecule has 4 N–H and O–H groups in total. The molecule has 0 spiro atoms. The number of thiophene rings is 1. The standard InChI is InChI=1S/C12H22N4O2S2.HI/c1-2-20(17,18)16-8-4-7-14-12(13)15-9-6-11-5-3-10-19-11;/h3,5,10,16H,2,4,6-9H2,1H3,(H3,13,14,15);1H. The van der Waals surface area contributed by atoms with Crippen molar-refractivity contribution in [2.75, 3.05) is 25.4 Å². The summed E-state index contributed by atoms with van der Waals surface area (Å²) in [5.41, 5.74) is 5.71. The van der Waals surface area contributed by atoms with Gasteiger partial charge in [-0.1, -0.05) is 6.07 Å². The van der Waals surface area contributed by atoms with Crippen LogP contribution in [0.5, 0.6) is 0 Å². The molecule has 0 unspecified atom stereocenters. The number of nitrogens with one attached hydrogen (secondary N) is 2. The average molecular weight is 446 g/mol. The van der Waals surface area contributed by atoms with Crippen molar-refractivity contribution in [3.63, 3.8) is 0 Å². The Morgan fingerprint density at radius 3 is 2.81 bits per heavy atom. The molecule has 1 rings (SSSR count). The van der Waals surface area contributed by atoms with Crippen molar-refractivity contribution >= 4 is 51.3 Å². The van der Waals surface area contributed by atoms with Crippen molar-refractivity contribution in [2.24, 2.45) is 10.7 Å². The van der Waals surface area contributed by atoms with E-state index in [-0.39, 0.29) is 29.7 Å². The molecule has 6 nitrogen and oxygen atoms in total. The van der Waals surface area contributed by atoms with E-state index in [2.05, 4.69) is 21.1 Å². The minimum Gasteiger partial charge on any atom is -0.370 e. The molecule has 0 aromatic carbocycles. The summed E-state index contributed by atoms with van der Waals surface area (Å²) < 4.78 is 24.8. The predicted octanol–water partition coefficient (Wildman–Crippen LogP) is 1.14. The minimum absolute atomic E-state index is 0. The molecule has 1 aromatic rings. The van der Waals surface area contributed by atoms with Crippen LogP contribution in [0.4, 0.5) is 0 Å². The summed E-state index contributed by atoms with van der Waals surface area (Å²) in [5.74, 6) is 0.503. The maximum atomic E-state index is 11.2. The van der Waals surface area contributed by atoms with Crippen molar-refractivity contribution in [3.8, 4) is 0 Å². The molecule has 0 aliphatic carbocycles. The Morgan fingerprint density at radius 1 is 1.43 bits per heavy atom. The van der Waals surface area contributed by atoms with Gasteiger partial charge in [0, 0.05) is 24.5 Å². The molecule has 122 valence electrons. The fourth-order valence-electron chi connectivity index (χ4n) is 1.43. The molecule has 21 heavy (non-hydrogen) atoms. The summed E-state index contributed by atoms with van der Waals surface area (Å²) in [4.78, 5) is 5.45. The second-order valence-electron chi connectivity index (χ2n) is 4.17. The normalized spacial score (nSPS) is 12.0. The lowest BCUT2D eigenvalue weighted by Crippen LogP contribution is -2.33. The maximum Gasteiger partial charge on any atom is 0.211 e. The van der Waals surface area contributed by atoms with Crippen LogP contribution < -0.4 is 15.8 Å². The Bertz CT molecular complexity index is 503. The second kappa shape index (κ2) is 11.2. The van der Waals surface area contributed by atoms with Gasteiger partial charge < -0.3 is 11.1 Å². The SMILES string of the molecule is CCS(=O)(=O)NCCCN=C(N)NCCc1cccs1.I. The first-order valence-corrected chi connectivity index (χ1v) is 9.10. The molecule has 1 heterocycles. The summed E-state index contributed by atoms with van der Waals surface area (Å²) in [7, 11) is -3.10. The summed E-state index contributed by atoms with van der Waals surface area (Å²) in [6.45, 7) is 3.25. The number of rotatable bonds is 9. The highest BCUT2D eigenvalue weighted by Crippen LogP contribution is 2.07. The smallest absolute Gasteiger partial charge is 0.211 e. The van der Waals surface area contributed by atoms with E-state index in [9.17, 15) is 8.42 Å². The molecule has 0 aliphatic rings. The van der Waals surface area contributed by atoms with Crippen LogP contribution in [0.15, 0.2) is 22.5 Å². The van der Waals surface area contributed by atoms with E-state index in [0.717, 1.165) is 13.0 Å². The van der Waals surface area contributed by atoms with E-state index in [4.69, 9.17) is 5.73 Å². The Kier molecular flexibility index (Phi) is 11.0. The van der Waals surface area contributed by atoms with Crippen molar-refractivity contribution < 1.29 is 8.42 Å². The first kappa shape index (κ1) is 20.6. The lowest BCUT2D eigenvalue weighted by atomic mass is 10.3. The van der Waals surface area contributed by atoms with Crippen molar-refractivity contribution in [1.82, 2.24) is 10.0 Å². The summed E-state index contributed by atoms with van der Waals surface area (Å²) in [5, 5.41) is 5.08. The molecule has 0 bridgehead atoms. The summed E-state index contributed by atoms with van der Waals surface area (Å²) >= 11 is 1.72. The topological polar surface area (TPSA) is 96.6 Å². The third kappa shape index (κ3) is 10.0. The highest BCUT2D eigenvalue weighted by molar-refractivity contribution is 14.0. The lowest BCUT2D eigenvalue weighted by Gasteiger charge is -2.05. The Hall–Kier alpha value is -0.390. The number of nitrogens with zero attached hydrogens (tertiary/aromatic N) is 1. The van der Waals surface area contributed by atoms with E-state index in [0.29, 0.717) is 25.5 Å². The molecule has 0 atom stereocenters. The fourth-order valence-corrected chi connectivity index (χ4v) is 2.80. The molecule has 0 amide bonds. The zero-order chi connectivity index (χ0) is 14.8. The van der Waals surface area contributed by atoms with Gasteiger partial charge in [-0.25, -0.2) is 13.1 Å². The van der Waals surface area contributed by atoms with Crippen LogP contribution in [-0.4, -0.2) is 39.8 Å². The van der Waals surface area contributed by atoms with Gasteiger partial charge >= 0.3 is 0 Å². The number of nitrogens with two attached hydrogens (primary N) is 1. The monoisotopic (exact) mass is 446 g/mol. The number of hydrogen-bond acceptors (Lipinski definition) is 4. The van der Waals surface area contributed by atoms with Gasteiger partial charge in [-0.3, -0.25) is 4.99 Å². The van der Waals surface area contributed by atoms with E-state index in [1.54, 1.807) is 18.3 Å². The van der Waals surface area contributed by atoms with Gasteiger partial charge in [-0.15, -0.1) is 35.3 Å². The van der Waals surface area contributed by atoms with E-state index in [1.165, 1.54) is 4.88 Å². The molecule has 0 fully saturated rings. The lowest BCUT2D eigenvalue weighted by molar-refractivity contribution is 0.581. The zero-order valence-electron chi connectivity index (χ0n) is 12.0. The molecular formula is C12H23IN4O2S2. The van der Waals surface area contributed by atoms with Crippen LogP contribution in [-0.2, 0) is 16.4 Å². The first-order valence-electron chi connectivity index (χ1n) is 6.57. The van der Waals surface area contributed by atoms with Gasteiger partial charge in [0.1, 0.15) is 0 Å². The largest absolute Gasteiger partial charge is 0.370 e. The molecule has 0 aliphatic heterocycles. The van der Waals surface area contributed by atoms with Gasteiger partial charge in [0.05, 0.1) is 5.75 Å². The van der Waals surface area contributed by atoms with Crippen molar-refractivity contribution in [3.05, 3.63) is 22.4 Å². The third-order valence-electron chi connectivity index (χ3n) is 2.58. The number of sulfonamides is 1.